The SMILES string of the molecule is NCCCC[C@H](CC(=O)[C@@H]1CCCN1C(=O)Cc1cccc2ccccc12)C(=O)N[C@@H](CCCN=C(N)N)C(=O)C[C@@H](Cc1ccc(O)cc1)C(N)=O. The molecule has 53 heavy (non-hydrogen) atoms. The highest BCUT2D eigenvalue weighted by Crippen LogP contribution is 2.26. The van der Waals surface area contributed by atoms with Crippen LogP contribution < -0.4 is 28.3 Å². The number of benzene rings is 3. The van der Waals surface area contributed by atoms with Crippen LogP contribution in [0.5, 0.6) is 5.75 Å². The number of nitrogens with two attached hydrogens (primary N) is 4. The number of fused-ring (bicyclic) bond motifs is 1. The van der Waals surface area contributed by atoms with Gasteiger partial charge in [-0.2, -0.15) is 0 Å². The van der Waals surface area contributed by atoms with E-state index in [0.29, 0.717) is 57.2 Å². The van der Waals surface area contributed by atoms with Crippen molar-refractivity contribution in [2.24, 2.45) is 39.8 Å². The lowest BCUT2D eigenvalue weighted by atomic mass is 9.89. The number of likely N-dealkylation sites (tertiary alicyclic amines) is 1. The molecule has 0 aliphatic carbocycles. The number of Topliss-reactive ketones (excluding diaryl/α,β-unsaturated/α-hetero) is 2. The van der Waals surface area contributed by atoms with Crippen LogP contribution in [0.1, 0.15) is 68.9 Å². The second-order valence-electron chi connectivity index (χ2n) is 13.9. The zero-order chi connectivity index (χ0) is 38.3. The number of amides is 3. The fourth-order valence-corrected chi connectivity index (χ4v) is 7.03. The number of hydrogen-bond donors (Lipinski definition) is 6. The van der Waals surface area contributed by atoms with Crippen LogP contribution in [-0.2, 0) is 36.8 Å². The summed E-state index contributed by atoms with van der Waals surface area (Å²) in [5.74, 6) is -3.50. The van der Waals surface area contributed by atoms with Gasteiger partial charge in [-0.25, -0.2) is 0 Å². The number of phenolic OH excluding ortho intramolecular Hbond substituents is 1. The number of ketones is 2. The minimum Gasteiger partial charge on any atom is -0.508 e. The van der Waals surface area contributed by atoms with Crippen LogP contribution >= 0.6 is 0 Å². The van der Waals surface area contributed by atoms with E-state index in [1.165, 1.54) is 12.1 Å². The first kappa shape index (κ1) is 40.5. The molecule has 1 fully saturated rings. The summed E-state index contributed by atoms with van der Waals surface area (Å²) in [6, 6.07) is 18.4. The van der Waals surface area contributed by atoms with Crippen molar-refractivity contribution in [2.75, 3.05) is 19.6 Å². The number of phenols is 1. The molecule has 3 amide bonds. The van der Waals surface area contributed by atoms with Crippen LogP contribution in [0.3, 0.4) is 0 Å². The highest BCUT2D eigenvalue weighted by atomic mass is 16.3. The van der Waals surface area contributed by atoms with Crippen LogP contribution in [-0.4, -0.2) is 77.0 Å². The monoisotopic (exact) mass is 727 g/mol. The Kier molecular flexibility index (Phi) is 15.3. The van der Waals surface area contributed by atoms with Gasteiger partial charge in [0.25, 0.3) is 0 Å². The number of carbonyl (C=O) groups is 5. The number of aromatic hydroxyl groups is 1. The summed E-state index contributed by atoms with van der Waals surface area (Å²) >= 11 is 0. The predicted molar refractivity (Wildman–Crippen MR) is 204 cm³/mol. The second kappa shape index (κ2) is 20.1. The summed E-state index contributed by atoms with van der Waals surface area (Å²) in [7, 11) is 0. The fourth-order valence-electron chi connectivity index (χ4n) is 7.03. The average Bonchev–Trinajstić information content (AvgIpc) is 3.64. The van der Waals surface area contributed by atoms with Gasteiger partial charge in [0.1, 0.15) is 5.75 Å². The first-order chi connectivity index (χ1) is 25.5. The zero-order valence-electron chi connectivity index (χ0n) is 30.3. The van der Waals surface area contributed by atoms with Crippen molar-refractivity contribution in [1.29, 1.82) is 0 Å². The lowest BCUT2D eigenvalue weighted by Crippen LogP contribution is -2.47. The summed E-state index contributed by atoms with van der Waals surface area (Å²) in [6.07, 6.45) is 3.36. The standard InChI is InChI=1S/C40H53N7O6/c41-19-4-3-9-29(23-36(50)34-14-7-21-47(34)37(51)25-28-11-5-10-27-8-1-2-12-32(27)28)39(53)46-33(13-6-20-45-40(43)44)35(49)24-30(38(42)52)22-26-15-17-31(48)18-16-26/h1-2,5,8,10-12,15-18,29-30,33-34,48H,3-4,6-7,9,13-14,19-25,41H2,(H2,42,52)(H,46,53)(H4,43,44,45)/t29-,30-,33+,34+/m1/s1. The third-order valence-corrected chi connectivity index (χ3v) is 9.91. The Morgan fingerprint density at radius 3 is 2.32 bits per heavy atom. The summed E-state index contributed by atoms with van der Waals surface area (Å²) in [5, 5.41) is 14.5. The largest absolute Gasteiger partial charge is 0.508 e. The van der Waals surface area contributed by atoms with Crippen molar-refractivity contribution in [3.05, 3.63) is 77.9 Å². The number of rotatable bonds is 21. The summed E-state index contributed by atoms with van der Waals surface area (Å²) in [5.41, 5.74) is 24.0. The van der Waals surface area contributed by atoms with E-state index >= 15 is 0 Å². The Morgan fingerprint density at radius 1 is 0.868 bits per heavy atom. The van der Waals surface area contributed by atoms with Crippen molar-refractivity contribution in [3.63, 3.8) is 0 Å². The number of unbranched alkanes of at least 4 members (excludes halogenated alkanes) is 1. The normalized spacial score (nSPS) is 15.7. The number of primary amides is 1. The van der Waals surface area contributed by atoms with E-state index in [-0.39, 0.29) is 62.0 Å². The van der Waals surface area contributed by atoms with Crippen LogP contribution in [0.15, 0.2) is 71.7 Å². The molecule has 0 radical (unpaired) electrons. The van der Waals surface area contributed by atoms with Crippen molar-refractivity contribution in [1.82, 2.24) is 10.2 Å². The van der Waals surface area contributed by atoms with E-state index in [9.17, 15) is 29.1 Å². The molecule has 1 heterocycles. The molecule has 4 rings (SSSR count). The quantitative estimate of drug-likeness (QED) is 0.0537. The van der Waals surface area contributed by atoms with Crippen LogP contribution in [0.4, 0.5) is 0 Å². The minimum absolute atomic E-state index is 0.0663. The molecule has 10 N–H and O–H groups in total. The fraction of sp³-hybridized carbons (Fsp3) is 0.450. The maximum atomic E-state index is 14.0. The second-order valence-corrected chi connectivity index (χ2v) is 13.9. The summed E-state index contributed by atoms with van der Waals surface area (Å²) in [4.78, 5) is 73.3. The molecule has 0 saturated carbocycles. The van der Waals surface area contributed by atoms with E-state index in [1.54, 1.807) is 17.0 Å². The van der Waals surface area contributed by atoms with Crippen molar-refractivity contribution < 1.29 is 29.1 Å². The Morgan fingerprint density at radius 2 is 1.60 bits per heavy atom. The molecule has 284 valence electrons. The lowest BCUT2D eigenvalue weighted by Gasteiger charge is -2.27. The first-order valence-corrected chi connectivity index (χ1v) is 18.4. The molecular weight excluding hydrogens is 674 g/mol. The highest BCUT2D eigenvalue weighted by Gasteiger charge is 2.37. The smallest absolute Gasteiger partial charge is 0.227 e. The van der Waals surface area contributed by atoms with Gasteiger partial charge in [0.2, 0.25) is 17.7 Å². The van der Waals surface area contributed by atoms with Crippen LogP contribution in [0.2, 0.25) is 0 Å². The summed E-state index contributed by atoms with van der Waals surface area (Å²) < 4.78 is 0. The zero-order valence-corrected chi connectivity index (χ0v) is 30.3. The van der Waals surface area contributed by atoms with Gasteiger partial charge in [-0.3, -0.25) is 29.0 Å². The topological polar surface area (TPSA) is 237 Å². The number of aliphatic imine (C=N–C) groups is 1. The molecule has 13 heteroatoms. The van der Waals surface area contributed by atoms with Crippen LogP contribution in [0.25, 0.3) is 10.8 Å². The van der Waals surface area contributed by atoms with E-state index in [2.05, 4.69) is 10.3 Å². The number of nitrogens with one attached hydrogen (secondary N) is 1. The Labute approximate surface area is 310 Å². The molecule has 3 aromatic rings. The van der Waals surface area contributed by atoms with Crippen molar-refractivity contribution in [3.8, 4) is 5.75 Å². The number of guanidine groups is 1. The average molecular weight is 728 g/mol. The molecule has 1 aliphatic rings. The van der Waals surface area contributed by atoms with Gasteiger partial charge in [0, 0.05) is 37.8 Å². The predicted octanol–water partition coefficient (Wildman–Crippen LogP) is 2.63. The minimum atomic E-state index is -0.990. The Bertz CT molecular complexity index is 1750. The molecule has 0 aromatic heterocycles. The number of carbonyl (C=O) groups excluding carboxylic acids is 5. The maximum absolute atomic E-state index is 14.0. The highest BCUT2D eigenvalue weighted by molar-refractivity contribution is 5.96. The summed E-state index contributed by atoms with van der Waals surface area (Å²) in [6.45, 7) is 1.10. The van der Waals surface area contributed by atoms with Gasteiger partial charge >= 0.3 is 0 Å². The Balaban J connectivity index is 1.47. The number of nitrogens with zero attached hydrogens (tertiary/aromatic N) is 2. The van der Waals surface area contributed by atoms with Crippen molar-refractivity contribution >= 4 is 46.0 Å². The molecule has 0 spiro atoms. The molecule has 13 nitrogen and oxygen atoms in total. The molecule has 3 aromatic carbocycles. The van der Waals surface area contributed by atoms with Crippen molar-refractivity contribution in [2.45, 2.75) is 82.7 Å². The molecule has 4 atom stereocenters. The first-order valence-electron chi connectivity index (χ1n) is 18.4. The van der Waals surface area contributed by atoms with Crippen LogP contribution in [0, 0.1) is 11.8 Å². The third-order valence-electron chi connectivity index (χ3n) is 9.91. The molecular formula is C40H53N7O6. The van der Waals surface area contributed by atoms with Gasteiger partial charge in [0.05, 0.1) is 18.5 Å². The number of hydrogen-bond acceptors (Lipinski definition) is 8. The molecule has 0 bridgehead atoms. The van der Waals surface area contributed by atoms with E-state index in [4.69, 9.17) is 22.9 Å². The lowest BCUT2D eigenvalue weighted by molar-refractivity contribution is -0.138. The Hall–Kier alpha value is -5.30. The van der Waals surface area contributed by atoms with E-state index < -0.39 is 41.5 Å². The van der Waals surface area contributed by atoms with E-state index in [1.807, 2.05) is 42.5 Å². The molecule has 0 unspecified atom stereocenters. The molecule has 1 aliphatic heterocycles. The van der Waals surface area contributed by atoms with E-state index in [0.717, 1.165) is 16.3 Å². The molecule has 1 saturated heterocycles. The van der Waals surface area contributed by atoms with Gasteiger partial charge < -0.3 is 38.3 Å². The van der Waals surface area contributed by atoms with Gasteiger partial charge in [-0.1, -0.05) is 61.0 Å². The van der Waals surface area contributed by atoms with Gasteiger partial charge in [-0.05, 0) is 85.5 Å². The van der Waals surface area contributed by atoms with Gasteiger partial charge in [-0.15, -0.1) is 0 Å². The maximum Gasteiger partial charge on any atom is 0.227 e. The van der Waals surface area contributed by atoms with Gasteiger partial charge in [0.15, 0.2) is 17.5 Å². The third kappa shape index (κ3) is 12.1.